The predicted molar refractivity (Wildman–Crippen MR) is 452 cm³/mol. The van der Waals surface area contributed by atoms with Gasteiger partial charge in [-0.2, -0.15) is 24.9 Å². The molecule has 5 aliphatic carbocycles. The van der Waals surface area contributed by atoms with E-state index >= 15 is 0 Å². The molecule has 0 bridgehead atoms. The molecule has 5 aromatic heterocycles. The van der Waals surface area contributed by atoms with Crippen molar-refractivity contribution in [3.05, 3.63) is 58.8 Å². The van der Waals surface area contributed by atoms with E-state index in [4.69, 9.17) is 57.5 Å². The zero-order chi connectivity index (χ0) is 105. The van der Waals surface area contributed by atoms with Crippen molar-refractivity contribution in [1.82, 2.24) is 49.8 Å². The molecule has 5 fully saturated rings. The van der Waals surface area contributed by atoms with E-state index in [2.05, 4.69) is 103 Å². The van der Waals surface area contributed by atoms with Gasteiger partial charge in [0.1, 0.15) is 29.1 Å². The Morgan fingerprint density at radius 1 is 0.339 bits per heavy atom. The van der Waals surface area contributed by atoms with E-state index in [0.717, 1.165) is 19.3 Å². The van der Waals surface area contributed by atoms with Crippen LogP contribution in [-0.2, 0) is 0 Å². The van der Waals surface area contributed by atoms with Crippen molar-refractivity contribution >= 4 is 88.4 Å². The zero-order valence-electron chi connectivity index (χ0n) is 90.4. The van der Waals surface area contributed by atoms with Gasteiger partial charge >= 0.3 is 0 Å². The van der Waals surface area contributed by atoms with Crippen molar-refractivity contribution in [3.8, 4) is 0 Å². The van der Waals surface area contributed by atoms with Crippen molar-refractivity contribution in [2.45, 2.75) is 323 Å². The third-order valence-electron chi connectivity index (χ3n) is 16.7. The molecule has 35 nitrogen and oxygen atoms in total. The van der Waals surface area contributed by atoms with Gasteiger partial charge in [0.2, 0.25) is 29.7 Å². The summed E-state index contributed by atoms with van der Waals surface area (Å²) in [5, 5.41) is 80.3. The number of aromatic nitrogens is 10. The van der Waals surface area contributed by atoms with Crippen molar-refractivity contribution in [1.29, 1.82) is 0 Å². The summed E-state index contributed by atoms with van der Waals surface area (Å²) in [4.78, 5) is 100.0. The van der Waals surface area contributed by atoms with Crippen molar-refractivity contribution in [2.24, 2.45) is 58.1 Å². The second-order valence-corrected chi connectivity index (χ2v) is 33.4. The number of nitrogens with one attached hydrogen (secondary N) is 10. The SMILES string of the molecule is [2H]C1(C)CCC(Nc2nc(NC(C)(C)C)ncc2C(N)=O)C([2H])([2H])C1O.[2H]C1(C)CCC([2H])(Nc2nc(NC(C)(C)C)ncc2C(N)=O)C([2H])([2H])C1([2H])O.[2H]C1(Nc2nc(NC(C)(C)C)ncc2C(N)=O)CC(O)C([2H])(C)C([2H])([2H])C1.[2H]C1(Nc2nc(NC(C)(C)C)ncc2C(N)=O)CC(O)C([2H])(C)C([2H])([2H])C1([2H])[2H].[2H]C1([2H])CC(Nc2nc(NC(C)(C)C)ncc2C(N)=O)CC(O)C1([2H])C. The Bertz CT molecular complexity index is 5160. The molecule has 115 heavy (non-hydrogen) atoms. The quantitative estimate of drug-likeness (QED) is 0.0346. The van der Waals surface area contributed by atoms with Gasteiger partial charge in [-0.15, -0.1) is 0 Å². The molecular formula is C80H135N25O10. The highest BCUT2D eigenvalue weighted by Gasteiger charge is 2.34. The first-order chi connectivity index (χ1) is 60.8. The number of anilines is 10. The number of amides is 5. The highest BCUT2D eigenvalue weighted by Crippen LogP contribution is 2.34. The Kier molecular flexibility index (Phi) is 23.7. The molecule has 0 saturated heterocycles. The standard InChI is InChI=1S/5C16H27N5O2/c5*1-9-5-6-10(7-12(9)22)19-14-11(13(17)23)8-18-15(20-14)21-16(2,3)4/h5*8-10,12,22H,5-7H2,1-4H3,(H2,17,23)(H2,18,19,20,21)/i7D2,9D,10D,12D;5D2,6D2,9D,10D;5D2,9D,10D;7D2,9D;5D2,9D. The lowest BCUT2D eigenvalue weighted by molar-refractivity contribution is 0.0737. The second-order valence-electron chi connectivity index (χ2n) is 33.4. The van der Waals surface area contributed by atoms with Gasteiger partial charge in [-0.1, -0.05) is 34.6 Å². The van der Waals surface area contributed by atoms with Crippen molar-refractivity contribution in [3.63, 3.8) is 0 Å². The lowest BCUT2D eigenvalue weighted by Crippen LogP contribution is -2.36. The summed E-state index contributed by atoms with van der Waals surface area (Å²) in [6, 6.07) is -7.70. The van der Waals surface area contributed by atoms with Crippen LogP contribution in [0.4, 0.5) is 58.8 Å². The van der Waals surface area contributed by atoms with Crippen LogP contribution in [0.5, 0.6) is 0 Å². The average Bonchev–Trinajstić information content (AvgIpc) is 0.697. The lowest BCUT2D eigenvalue weighted by Gasteiger charge is -2.32. The molecule has 640 valence electrons. The highest BCUT2D eigenvalue weighted by atomic mass is 16.3. The van der Waals surface area contributed by atoms with Crippen LogP contribution in [0.3, 0.4) is 0 Å². The van der Waals surface area contributed by atoms with E-state index in [-0.39, 0.29) is 136 Å². The first-order valence-corrected chi connectivity index (χ1v) is 37.4. The van der Waals surface area contributed by atoms with E-state index in [0.29, 0.717) is 18.8 Å². The average molecular weight is 1630 g/mol. The number of aliphatic hydroxyl groups is 5. The number of rotatable bonds is 20. The Hall–Kier alpha value is -9.45. The molecule has 0 aliphatic heterocycles. The van der Waals surface area contributed by atoms with Crippen LogP contribution in [-0.4, -0.2) is 193 Å². The summed E-state index contributed by atoms with van der Waals surface area (Å²) in [6.45, 7) is 35.0. The monoisotopic (exact) mass is 1630 g/mol. The molecule has 5 amide bonds. The molecule has 5 saturated carbocycles. The molecule has 5 aromatic rings. The van der Waals surface area contributed by atoms with Crippen LogP contribution in [0.15, 0.2) is 31.0 Å². The topological polar surface area (TPSA) is 566 Å². The first-order valence-electron chi connectivity index (χ1n) is 47.9. The molecule has 35 heteroatoms. The maximum absolute atomic E-state index is 11.8. The minimum Gasteiger partial charge on any atom is -0.393 e. The summed E-state index contributed by atoms with van der Waals surface area (Å²) in [5.41, 5.74) is 24.7. The molecule has 5 aliphatic rings. The molecule has 0 spiro atoms. The smallest absolute Gasteiger partial charge is 0.254 e. The fourth-order valence-corrected chi connectivity index (χ4v) is 10.7. The van der Waals surface area contributed by atoms with Crippen molar-refractivity contribution < 1.29 is 78.3 Å². The van der Waals surface area contributed by atoms with Crippen LogP contribution >= 0.6 is 0 Å². The number of primary amides is 5. The van der Waals surface area contributed by atoms with E-state index in [1.165, 1.54) is 46.3 Å². The Balaban J connectivity index is 0.000000261. The molecule has 0 aromatic carbocycles. The molecule has 25 N–H and O–H groups in total. The molecule has 10 rings (SSSR count). The largest absolute Gasteiger partial charge is 0.393 e. The fourth-order valence-electron chi connectivity index (χ4n) is 10.7. The minimum atomic E-state index is -2.94. The van der Waals surface area contributed by atoms with Gasteiger partial charge in [-0.3, -0.25) is 24.0 Å². The fraction of sp³-hybridized carbons (Fsp3) is 0.688. The summed E-state index contributed by atoms with van der Waals surface area (Å²) >= 11 is 0. The van der Waals surface area contributed by atoms with E-state index in [1.807, 2.05) is 104 Å². The second kappa shape index (κ2) is 40.9. The van der Waals surface area contributed by atoms with Gasteiger partial charge in [-0.05, 0) is 229 Å². The van der Waals surface area contributed by atoms with Gasteiger partial charge in [0.25, 0.3) is 29.5 Å². The number of hydrogen-bond acceptors (Lipinski definition) is 30. The predicted octanol–water partition coefficient (Wildman–Crippen LogP) is 8.74. The Morgan fingerprint density at radius 2 is 0.635 bits per heavy atom. The normalized spacial score (nSPS) is 36.1. The molecule has 5 heterocycles. The number of hydrogen-bond donors (Lipinski definition) is 20. The third-order valence-corrected chi connectivity index (χ3v) is 16.7. The third kappa shape index (κ3) is 31.9. The minimum absolute atomic E-state index is 0.00566. The van der Waals surface area contributed by atoms with Gasteiger partial charge in [0.15, 0.2) is 0 Å². The maximum Gasteiger partial charge on any atom is 0.254 e. The molecule has 15 atom stereocenters. The highest BCUT2D eigenvalue weighted by molar-refractivity contribution is 6.00. The number of nitrogens with zero attached hydrogens (tertiary/aromatic N) is 10. The van der Waals surface area contributed by atoms with Gasteiger partial charge in [-0.25, -0.2) is 24.9 Å². The number of carbonyl (C=O) groups excluding carboxylic acids is 5. The van der Waals surface area contributed by atoms with E-state index in [9.17, 15) is 49.5 Å². The summed E-state index contributed by atoms with van der Waals surface area (Å²) in [6.07, 6.45) is -18.0. The summed E-state index contributed by atoms with van der Waals surface area (Å²) < 4.78 is 172. The Morgan fingerprint density at radius 3 is 0.974 bits per heavy atom. The first kappa shape index (κ1) is 66.7. The van der Waals surface area contributed by atoms with Gasteiger partial charge < -0.3 is 107 Å². The van der Waals surface area contributed by atoms with Crippen LogP contribution in [0.1, 0.15) is 315 Å². The lowest BCUT2D eigenvalue weighted by atomic mass is 9.85. The molecule has 15 unspecified atom stereocenters. The zero-order valence-corrected chi connectivity index (χ0v) is 69.4. The maximum atomic E-state index is 11.8. The van der Waals surface area contributed by atoms with Crippen LogP contribution < -0.4 is 81.8 Å². The molecule has 0 radical (unpaired) electrons. The number of nitrogens with two attached hydrogens (primary N) is 5. The van der Waals surface area contributed by atoms with Crippen LogP contribution in [0.2, 0.25) is 0 Å². The number of carbonyl (C=O) groups is 5. The van der Waals surface area contributed by atoms with Crippen molar-refractivity contribution in [2.75, 3.05) is 53.2 Å². The summed E-state index contributed by atoms with van der Waals surface area (Å²) in [7, 11) is 0. The Labute approximate surface area is 707 Å². The number of aliphatic hydroxyl groups excluding tert-OH is 4. The van der Waals surface area contributed by atoms with Crippen LogP contribution in [0, 0.1) is 29.5 Å². The molecular weight excluding hydrogens is 1470 g/mol. The summed E-state index contributed by atoms with van der Waals surface area (Å²) in [5.74, 6) is -11.9. The van der Waals surface area contributed by atoms with E-state index < -0.39 is 175 Å². The van der Waals surface area contributed by atoms with Crippen LogP contribution in [0.25, 0.3) is 0 Å². The van der Waals surface area contributed by atoms with E-state index in [1.54, 1.807) is 0 Å². The van der Waals surface area contributed by atoms with Gasteiger partial charge in [0, 0.05) is 112 Å². The van der Waals surface area contributed by atoms with Gasteiger partial charge in [0.05, 0.1) is 63.8 Å².